The second kappa shape index (κ2) is 6.57. The fourth-order valence-electron chi connectivity index (χ4n) is 2.14. The molecule has 0 heterocycles. The van der Waals surface area contributed by atoms with E-state index in [1.165, 1.54) is 5.56 Å². The Labute approximate surface area is 115 Å². The molecule has 0 aliphatic heterocycles. The van der Waals surface area contributed by atoms with Crippen LogP contribution in [0.4, 0.5) is 0 Å². The van der Waals surface area contributed by atoms with Crippen LogP contribution in [0, 0.1) is 20.8 Å². The average molecular weight is 264 g/mol. The fraction of sp³-hybridized carbons (Fsp3) is 0.533. The molecule has 1 aromatic rings. The smallest absolute Gasteiger partial charge is 0.239 e. The normalized spacial score (nSPS) is 12.1. The molecule has 1 unspecified atom stereocenters. The van der Waals surface area contributed by atoms with Crippen molar-refractivity contribution in [2.24, 2.45) is 5.73 Å². The van der Waals surface area contributed by atoms with Crippen molar-refractivity contribution in [3.8, 4) is 5.75 Å². The quantitative estimate of drug-likeness (QED) is 0.882. The van der Waals surface area contributed by atoms with Gasteiger partial charge in [-0.2, -0.15) is 0 Å². The number of aryl methyl sites for hydroxylation is 3. The van der Waals surface area contributed by atoms with Crippen LogP contribution < -0.4 is 10.5 Å². The molecule has 0 aliphatic rings. The summed E-state index contributed by atoms with van der Waals surface area (Å²) in [5, 5.41) is 0. The van der Waals surface area contributed by atoms with E-state index in [1.54, 1.807) is 18.9 Å². The first-order chi connectivity index (χ1) is 8.82. The molecule has 4 nitrogen and oxygen atoms in total. The van der Waals surface area contributed by atoms with Gasteiger partial charge in [0.2, 0.25) is 5.91 Å². The minimum atomic E-state index is -0.465. The molecule has 19 heavy (non-hydrogen) atoms. The van der Waals surface area contributed by atoms with Gasteiger partial charge in [-0.05, 0) is 38.8 Å². The summed E-state index contributed by atoms with van der Waals surface area (Å²) in [6.07, 6.45) is 0. The van der Waals surface area contributed by atoms with E-state index < -0.39 is 6.04 Å². The minimum absolute atomic E-state index is 0.0686. The number of amides is 1. The Morgan fingerprint density at radius 3 is 2.32 bits per heavy atom. The van der Waals surface area contributed by atoms with Crippen molar-refractivity contribution in [3.63, 3.8) is 0 Å². The van der Waals surface area contributed by atoms with Gasteiger partial charge in [0.05, 0.1) is 12.6 Å². The molecule has 1 aromatic carbocycles. The first-order valence-corrected chi connectivity index (χ1v) is 6.54. The highest BCUT2D eigenvalue weighted by Gasteiger charge is 2.13. The van der Waals surface area contributed by atoms with Crippen LogP contribution in [0.5, 0.6) is 5.75 Å². The van der Waals surface area contributed by atoms with E-state index in [-0.39, 0.29) is 5.91 Å². The highest BCUT2D eigenvalue weighted by atomic mass is 16.5. The Kier molecular flexibility index (Phi) is 5.36. The topological polar surface area (TPSA) is 55.6 Å². The number of likely N-dealkylation sites (N-methyl/N-ethyl adjacent to an activating group) is 1. The lowest BCUT2D eigenvalue weighted by molar-refractivity contribution is -0.131. The molecule has 4 heteroatoms. The summed E-state index contributed by atoms with van der Waals surface area (Å²) in [5.41, 5.74) is 9.03. The number of hydrogen-bond donors (Lipinski definition) is 1. The summed E-state index contributed by atoms with van der Waals surface area (Å²) in [7, 11) is 1.74. The van der Waals surface area contributed by atoms with Gasteiger partial charge in [0.15, 0.2) is 0 Å². The highest BCUT2D eigenvalue weighted by molar-refractivity contribution is 5.80. The van der Waals surface area contributed by atoms with Crippen LogP contribution in [0.25, 0.3) is 0 Å². The first kappa shape index (κ1) is 15.5. The lowest BCUT2D eigenvalue weighted by atomic mass is 10.1. The van der Waals surface area contributed by atoms with E-state index in [0.29, 0.717) is 13.2 Å². The zero-order valence-electron chi connectivity index (χ0n) is 12.5. The Bertz CT molecular complexity index is 432. The summed E-state index contributed by atoms with van der Waals surface area (Å²) >= 11 is 0. The maximum atomic E-state index is 11.6. The molecular formula is C15H24N2O2. The van der Waals surface area contributed by atoms with Crippen LogP contribution >= 0.6 is 0 Å². The van der Waals surface area contributed by atoms with Crippen LogP contribution in [0.15, 0.2) is 12.1 Å². The van der Waals surface area contributed by atoms with Crippen molar-refractivity contribution in [2.45, 2.75) is 33.7 Å². The molecule has 0 saturated carbocycles. The molecule has 0 fully saturated rings. The molecule has 0 spiro atoms. The van der Waals surface area contributed by atoms with Gasteiger partial charge in [0, 0.05) is 7.05 Å². The monoisotopic (exact) mass is 264 g/mol. The number of ether oxygens (including phenoxy) is 1. The van der Waals surface area contributed by atoms with Gasteiger partial charge in [-0.15, -0.1) is 0 Å². The number of benzene rings is 1. The lowest BCUT2D eigenvalue weighted by Crippen LogP contribution is -2.41. The summed E-state index contributed by atoms with van der Waals surface area (Å²) < 4.78 is 5.79. The molecule has 2 N–H and O–H groups in total. The van der Waals surface area contributed by atoms with E-state index in [1.807, 2.05) is 13.8 Å². The van der Waals surface area contributed by atoms with Gasteiger partial charge in [0.25, 0.3) is 0 Å². The number of nitrogens with two attached hydrogens (primary N) is 1. The highest BCUT2D eigenvalue weighted by Crippen LogP contribution is 2.24. The summed E-state index contributed by atoms with van der Waals surface area (Å²) in [4.78, 5) is 13.2. The van der Waals surface area contributed by atoms with Gasteiger partial charge in [-0.25, -0.2) is 0 Å². The second-order valence-corrected chi connectivity index (χ2v) is 5.12. The molecule has 0 saturated heterocycles. The van der Waals surface area contributed by atoms with Gasteiger partial charge in [-0.1, -0.05) is 17.7 Å². The van der Waals surface area contributed by atoms with Crippen LogP contribution in [-0.2, 0) is 4.79 Å². The predicted molar refractivity (Wildman–Crippen MR) is 77.4 cm³/mol. The third-order valence-electron chi connectivity index (χ3n) is 3.04. The van der Waals surface area contributed by atoms with Crippen molar-refractivity contribution in [1.29, 1.82) is 0 Å². The van der Waals surface area contributed by atoms with Crippen molar-refractivity contribution >= 4 is 5.91 Å². The van der Waals surface area contributed by atoms with Crippen molar-refractivity contribution in [1.82, 2.24) is 4.90 Å². The molecule has 1 amide bonds. The SMILES string of the molecule is Cc1cc(C)c(OCCN(C)C(=O)C(C)N)c(C)c1. The van der Waals surface area contributed by atoms with E-state index in [4.69, 9.17) is 10.5 Å². The minimum Gasteiger partial charge on any atom is -0.491 e. The molecular weight excluding hydrogens is 240 g/mol. The largest absolute Gasteiger partial charge is 0.491 e. The zero-order valence-corrected chi connectivity index (χ0v) is 12.5. The first-order valence-electron chi connectivity index (χ1n) is 6.54. The van der Waals surface area contributed by atoms with Crippen molar-refractivity contribution in [2.75, 3.05) is 20.2 Å². The van der Waals surface area contributed by atoms with Crippen LogP contribution in [0.2, 0.25) is 0 Å². The fourth-order valence-corrected chi connectivity index (χ4v) is 2.14. The van der Waals surface area contributed by atoms with Gasteiger partial charge >= 0.3 is 0 Å². The summed E-state index contributed by atoms with van der Waals surface area (Å²) in [6.45, 7) is 8.83. The van der Waals surface area contributed by atoms with E-state index >= 15 is 0 Å². The summed E-state index contributed by atoms with van der Waals surface area (Å²) in [6, 6.07) is 3.73. The Morgan fingerprint density at radius 2 is 1.84 bits per heavy atom. The van der Waals surface area contributed by atoms with Crippen molar-refractivity contribution in [3.05, 3.63) is 28.8 Å². The molecule has 1 atom stereocenters. The van der Waals surface area contributed by atoms with Crippen LogP contribution in [-0.4, -0.2) is 37.0 Å². The third kappa shape index (κ3) is 4.24. The maximum Gasteiger partial charge on any atom is 0.239 e. The standard InChI is InChI=1S/C15H24N2O2/c1-10-8-11(2)14(12(3)9-10)19-7-6-17(5)15(18)13(4)16/h8-9,13H,6-7,16H2,1-5H3. The average Bonchev–Trinajstić information content (AvgIpc) is 2.30. The van der Waals surface area contributed by atoms with Crippen molar-refractivity contribution < 1.29 is 9.53 Å². The molecule has 1 rings (SSSR count). The van der Waals surface area contributed by atoms with E-state index in [0.717, 1.165) is 16.9 Å². The second-order valence-electron chi connectivity index (χ2n) is 5.12. The third-order valence-corrected chi connectivity index (χ3v) is 3.04. The number of rotatable bonds is 5. The van der Waals surface area contributed by atoms with Gasteiger partial charge < -0.3 is 15.4 Å². The molecule has 0 radical (unpaired) electrons. The summed E-state index contributed by atoms with van der Waals surface area (Å²) in [5.74, 6) is 0.841. The number of carbonyl (C=O) groups excluding carboxylic acids is 1. The van der Waals surface area contributed by atoms with Crippen LogP contribution in [0.1, 0.15) is 23.6 Å². The Morgan fingerprint density at radius 1 is 1.32 bits per heavy atom. The Balaban J connectivity index is 2.57. The predicted octanol–water partition coefficient (Wildman–Crippen LogP) is 1.80. The molecule has 0 aliphatic carbocycles. The number of hydrogen-bond acceptors (Lipinski definition) is 3. The molecule has 0 aromatic heterocycles. The number of carbonyl (C=O) groups is 1. The van der Waals surface area contributed by atoms with Gasteiger partial charge in [0.1, 0.15) is 12.4 Å². The van der Waals surface area contributed by atoms with Crippen LogP contribution in [0.3, 0.4) is 0 Å². The van der Waals surface area contributed by atoms with E-state index in [2.05, 4.69) is 19.1 Å². The maximum absolute atomic E-state index is 11.6. The van der Waals surface area contributed by atoms with E-state index in [9.17, 15) is 4.79 Å². The molecule has 0 bridgehead atoms. The molecule has 106 valence electrons. The Hall–Kier alpha value is -1.55. The zero-order chi connectivity index (χ0) is 14.6. The van der Waals surface area contributed by atoms with Gasteiger partial charge in [-0.3, -0.25) is 4.79 Å². The lowest BCUT2D eigenvalue weighted by Gasteiger charge is -2.20. The number of nitrogens with zero attached hydrogens (tertiary/aromatic N) is 1.